The van der Waals surface area contributed by atoms with E-state index in [4.69, 9.17) is 9.84 Å². The molecular formula is C14H27NO3S. The van der Waals surface area contributed by atoms with E-state index in [1.807, 2.05) is 32.7 Å². The Hall–Kier alpha value is -0.260. The summed E-state index contributed by atoms with van der Waals surface area (Å²) in [5.74, 6) is 1.15. The molecule has 0 bridgehead atoms. The van der Waals surface area contributed by atoms with Gasteiger partial charge >= 0.3 is 5.97 Å². The van der Waals surface area contributed by atoms with Gasteiger partial charge < -0.3 is 15.2 Å². The number of ether oxygens (including phenoxy) is 1. The molecule has 1 saturated carbocycles. The smallest absolute Gasteiger partial charge is 0.326 e. The molecule has 0 heterocycles. The fourth-order valence-electron chi connectivity index (χ4n) is 2.50. The molecule has 0 saturated heterocycles. The Bertz CT molecular complexity index is 288. The number of aliphatic hydroxyl groups excluding tert-OH is 1. The van der Waals surface area contributed by atoms with Crippen LogP contribution >= 0.6 is 11.8 Å². The Morgan fingerprint density at radius 1 is 1.63 bits per heavy atom. The van der Waals surface area contributed by atoms with Gasteiger partial charge in [-0.1, -0.05) is 6.92 Å². The van der Waals surface area contributed by atoms with E-state index in [1.54, 1.807) is 0 Å². The Balaban J connectivity index is 2.57. The fourth-order valence-corrected chi connectivity index (χ4v) is 3.95. The lowest BCUT2D eigenvalue weighted by Gasteiger charge is -2.38. The first kappa shape index (κ1) is 16.8. The van der Waals surface area contributed by atoms with Crippen LogP contribution < -0.4 is 5.32 Å². The van der Waals surface area contributed by atoms with Crippen LogP contribution in [0, 0.1) is 5.92 Å². The van der Waals surface area contributed by atoms with Crippen LogP contribution in [-0.2, 0) is 9.53 Å². The van der Waals surface area contributed by atoms with Crippen molar-refractivity contribution in [2.45, 2.75) is 50.3 Å². The molecule has 112 valence electrons. The highest BCUT2D eigenvalue weighted by molar-refractivity contribution is 7.99. The maximum absolute atomic E-state index is 12.2. The van der Waals surface area contributed by atoms with Crippen LogP contribution in [0.5, 0.6) is 0 Å². The first-order chi connectivity index (χ1) is 9.07. The third-order valence-corrected chi connectivity index (χ3v) is 5.41. The van der Waals surface area contributed by atoms with E-state index in [0.717, 1.165) is 31.4 Å². The summed E-state index contributed by atoms with van der Waals surface area (Å²) in [5, 5.41) is 12.7. The van der Waals surface area contributed by atoms with Crippen LogP contribution in [0.4, 0.5) is 0 Å². The lowest BCUT2D eigenvalue weighted by atomic mass is 9.81. The number of thioether (sulfide) groups is 1. The van der Waals surface area contributed by atoms with Crippen molar-refractivity contribution in [2.75, 3.05) is 26.0 Å². The maximum Gasteiger partial charge on any atom is 0.326 e. The minimum Gasteiger partial charge on any atom is -0.465 e. The number of esters is 1. The van der Waals surface area contributed by atoms with Crippen LogP contribution in [0.3, 0.4) is 0 Å². The summed E-state index contributed by atoms with van der Waals surface area (Å²) in [7, 11) is 1.85. The average molecular weight is 289 g/mol. The third kappa shape index (κ3) is 4.65. The van der Waals surface area contributed by atoms with E-state index in [0.29, 0.717) is 17.8 Å². The highest BCUT2D eigenvalue weighted by Gasteiger charge is 2.42. The number of carbonyl (C=O) groups excluding carboxylic acids is 1. The lowest BCUT2D eigenvalue weighted by Crippen LogP contribution is -2.54. The quantitative estimate of drug-likeness (QED) is 0.700. The van der Waals surface area contributed by atoms with Gasteiger partial charge in [0.2, 0.25) is 0 Å². The Morgan fingerprint density at radius 2 is 2.37 bits per heavy atom. The van der Waals surface area contributed by atoms with Gasteiger partial charge in [0, 0.05) is 11.9 Å². The zero-order valence-corrected chi connectivity index (χ0v) is 13.1. The molecule has 1 fully saturated rings. The number of hydrogen-bond donors (Lipinski definition) is 2. The highest BCUT2D eigenvalue weighted by atomic mass is 32.2. The summed E-state index contributed by atoms with van der Waals surface area (Å²) in [4.78, 5) is 12.2. The van der Waals surface area contributed by atoms with Crippen LogP contribution in [0.1, 0.15) is 39.5 Å². The Kier molecular flexibility index (Phi) is 7.18. The SMILES string of the molecule is CCOC(=O)C1(NC)CCCC(SCC(C)CO)C1. The normalized spacial score (nSPS) is 28.9. The largest absolute Gasteiger partial charge is 0.465 e. The molecule has 0 spiro atoms. The Labute approximate surface area is 120 Å². The average Bonchev–Trinajstić information content (AvgIpc) is 2.45. The van der Waals surface area contributed by atoms with E-state index in [2.05, 4.69) is 5.32 Å². The molecule has 0 aliphatic heterocycles. The number of hydrogen-bond acceptors (Lipinski definition) is 5. The van der Waals surface area contributed by atoms with Crippen LogP contribution in [-0.4, -0.2) is 47.9 Å². The van der Waals surface area contributed by atoms with Gasteiger partial charge in [0.15, 0.2) is 0 Å². The van der Waals surface area contributed by atoms with Crippen LogP contribution in [0.15, 0.2) is 0 Å². The summed E-state index contributed by atoms with van der Waals surface area (Å²) in [6, 6.07) is 0. The number of nitrogens with one attached hydrogen (secondary N) is 1. The summed E-state index contributed by atoms with van der Waals surface area (Å²) in [5.41, 5.74) is -0.506. The number of rotatable bonds is 7. The van der Waals surface area contributed by atoms with Crippen molar-refractivity contribution in [1.82, 2.24) is 5.32 Å². The van der Waals surface area contributed by atoms with Gasteiger partial charge in [-0.15, -0.1) is 0 Å². The van der Waals surface area contributed by atoms with Crippen molar-refractivity contribution in [3.63, 3.8) is 0 Å². The van der Waals surface area contributed by atoms with Gasteiger partial charge in [-0.2, -0.15) is 11.8 Å². The second-order valence-corrected chi connectivity index (χ2v) is 6.73. The van der Waals surface area contributed by atoms with Crippen molar-refractivity contribution >= 4 is 17.7 Å². The van der Waals surface area contributed by atoms with Crippen LogP contribution in [0.2, 0.25) is 0 Å². The highest BCUT2D eigenvalue weighted by Crippen LogP contribution is 2.36. The molecule has 0 aromatic heterocycles. The van der Waals surface area contributed by atoms with Crippen molar-refractivity contribution in [3.8, 4) is 0 Å². The minimum atomic E-state index is -0.506. The predicted octanol–water partition coefficient (Wildman–Crippen LogP) is 1.81. The van der Waals surface area contributed by atoms with E-state index >= 15 is 0 Å². The van der Waals surface area contributed by atoms with Gasteiger partial charge in [0.25, 0.3) is 0 Å². The zero-order valence-electron chi connectivity index (χ0n) is 12.3. The van der Waals surface area contributed by atoms with E-state index in [-0.39, 0.29) is 12.6 Å². The second-order valence-electron chi connectivity index (χ2n) is 5.39. The minimum absolute atomic E-state index is 0.113. The molecule has 4 nitrogen and oxygen atoms in total. The van der Waals surface area contributed by atoms with Crippen molar-refractivity contribution in [2.24, 2.45) is 5.92 Å². The standard InChI is InChI=1S/C14H27NO3S/c1-4-18-13(17)14(15-3)7-5-6-12(8-14)19-10-11(2)9-16/h11-12,15-16H,4-10H2,1-3H3. The zero-order chi connectivity index (χ0) is 14.3. The van der Waals surface area contributed by atoms with E-state index in [9.17, 15) is 4.79 Å². The molecule has 0 radical (unpaired) electrons. The third-order valence-electron chi connectivity index (χ3n) is 3.78. The van der Waals surface area contributed by atoms with Gasteiger partial charge in [0.1, 0.15) is 5.54 Å². The molecule has 1 rings (SSSR count). The molecule has 19 heavy (non-hydrogen) atoms. The van der Waals surface area contributed by atoms with E-state index in [1.165, 1.54) is 0 Å². The maximum atomic E-state index is 12.2. The van der Waals surface area contributed by atoms with Gasteiger partial charge in [-0.05, 0) is 51.3 Å². The summed E-state index contributed by atoms with van der Waals surface area (Å²) < 4.78 is 5.22. The predicted molar refractivity (Wildman–Crippen MR) is 79.4 cm³/mol. The number of aliphatic hydroxyl groups is 1. The molecule has 0 aromatic rings. The molecule has 3 atom stereocenters. The molecular weight excluding hydrogens is 262 g/mol. The lowest BCUT2D eigenvalue weighted by molar-refractivity contribution is -0.152. The molecule has 3 unspecified atom stereocenters. The number of likely N-dealkylation sites (N-methyl/N-ethyl adjacent to an activating group) is 1. The van der Waals surface area contributed by atoms with Crippen molar-refractivity contribution < 1.29 is 14.6 Å². The molecule has 1 aliphatic rings. The summed E-state index contributed by atoms with van der Waals surface area (Å²) in [6.45, 7) is 4.56. The Morgan fingerprint density at radius 3 is 2.95 bits per heavy atom. The first-order valence-corrected chi connectivity index (χ1v) is 8.21. The second kappa shape index (κ2) is 8.12. The molecule has 1 aliphatic carbocycles. The van der Waals surface area contributed by atoms with E-state index < -0.39 is 5.54 Å². The van der Waals surface area contributed by atoms with Gasteiger partial charge in [-0.3, -0.25) is 4.79 Å². The van der Waals surface area contributed by atoms with Gasteiger partial charge in [0.05, 0.1) is 6.61 Å². The first-order valence-electron chi connectivity index (χ1n) is 7.16. The fraction of sp³-hybridized carbons (Fsp3) is 0.929. The molecule has 0 aromatic carbocycles. The monoisotopic (exact) mass is 289 g/mol. The van der Waals surface area contributed by atoms with Gasteiger partial charge in [-0.25, -0.2) is 0 Å². The molecule has 5 heteroatoms. The molecule has 2 N–H and O–H groups in total. The van der Waals surface area contributed by atoms with Crippen LogP contribution in [0.25, 0.3) is 0 Å². The van der Waals surface area contributed by atoms with Crippen molar-refractivity contribution in [3.05, 3.63) is 0 Å². The summed E-state index contributed by atoms with van der Waals surface area (Å²) >= 11 is 1.88. The molecule has 0 amide bonds. The topological polar surface area (TPSA) is 58.6 Å². The number of carbonyl (C=O) groups is 1. The summed E-state index contributed by atoms with van der Waals surface area (Å²) in [6.07, 6.45) is 3.87. The van der Waals surface area contributed by atoms with Crippen molar-refractivity contribution in [1.29, 1.82) is 0 Å².